The van der Waals surface area contributed by atoms with E-state index in [2.05, 4.69) is 34.2 Å². The number of aryl methyl sites for hydroxylation is 1. The first-order valence-electron chi connectivity index (χ1n) is 8.99. The average molecular weight is 368 g/mol. The summed E-state index contributed by atoms with van der Waals surface area (Å²) in [6.45, 7) is 6.11. The predicted molar refractivity (Wildman–Crippen MR) is 93.0 cm³/mol. The van der Waals surface area contributed by atoms with Crippen molar-refractivity contribution in [3.8, 4) is 11.3 Å². The number of halogens is 2. The Hall–Kier alpha value is -2.70. The largest absolute Gasteiger partial charge is 0.338 e. The highest BCUT2D eigenvalue weighted by Crippen LogP contribution is 2.69. The summed E-state index contributed by atoms with van der Waals surface area (Å²) in [6.07, 6.45) is 1.76. The summed E-state index contributed by atoms with van der Waals surface area (Å²) in [5.41, 5.74) is 1.09. The topological polar surface area (TPSA) is 64.7 Å². The molecule has 0 unspecified atom stereocenters. The molecule has 7 heteroatoms. The second-order valence-electron chi connectivity index (χ2n) is 8.00. The van der Waals surface area contributed by atoms with Gasteiger partial charge in [0.05, 0.1) is 22.4 Å². The van der Waals surface area contributed by atoms with Crippen molar-refractivity contribution in [3.63, 3.8) is 0 Å². The van der Waals surface area contributed by atoms with Crippen molar-refractivity contribution in [3.05, 3.63) is 58.9 Å². The van der Waals surface area contributed by atoms with Crippen LogP contribution in [0.2, 0.25) is 0 Å². The van der Waals surface area contributed by atoms with E-state index in [-0.39, 0.29) is 22.6 Å². The van der Waals surface area contributed by atoms with Crippen molar-refractivity contribution in [2.24, 2.45) is 5.41 Å². The number of hydrogen-bond acceptors (Lipinski definition) is 5. The van der Waals surface area contributed by atoms with Crippen LogP contribution in [-0.4, -0.2) is 20.3 Å². The van der Waals surface area contributed by atoms with Crippen LogP contribution in [0.3, 0.4) is 0 Å². The number of benzene rings is 1. The van der Waals surface area contributed by atoms with E-state index in [0.717, 1.165) is 24.1 Å². The highest BCUT2D eigenvalue weighted by Gasteiger charge is 2.67. The Labute approximate surface area is 154 Å². The van der Waals surface area contributed by atoms with Crippen LogP contribution in [0, 0.1) is 24.0 Å². The molecule has 0 aliphatic heterocycles. The molecule has 0 N–H and O–H groups in total. The van der Waals surface area contributed by atoms with Crippen molar-refractivity contribution in [2.75, 3.05) is 0 Å². The van der Waals surface area contributed by atoms with Crippen LogP contribution in [0.15, 0.2) is 28.8 Å². The molecule has 3 aromatic rings. The van der Waals surface area contributed by atoms with E-state index in [1.807, 2.05) is 0 Å². The summed E-state index contributed by atoms with van der Waals surface area (Å²) in [5, 5.41) is 12.6. The van der Waals surface area contributed by atoms with Gasteiger partial charge in [-0.2, -0.15) is 10.1 Å². The smallest absolute Gasteiger partial charge is 0.239 e. The maximum Gasteiger partial charge on any atom is 0.239 e. The second-order valence-corrected chi connectivity index (χ2v) is 8.00. The first-order chi connectivity index (χ1) is 12.9. The summed E-state index contributed by atoms with van der Waals surface area (Å²) in [7, 11) is 0. The van der Waals surface area contributed by atoms with Gasteiger partial charge in [-0.3, -0.25) is 0 Å². The van der Waals surface area contributed by atoms with Gasteiger partial charge < -0.3 is 4.52 Å². The van der Waals surface area contributed by atoms with Gasteiger partial charge in [0.1, 0.15) is 11.6 Å². The Kier molecular flexibility index (Phi) is 3.16. The fraction of sp³-hybridized carbons (Fsp3) is 0.400. The van der Waals surface area contributed by atoms with E-state index in [4.69, 9.17) is 4.52 Å². The minimum atomic E-state index is -0.645. The first kappa shape index (κ1) is 16.5. The van der Waals surface area contributed by atoms with Crippen molar-refractivity contribution >= 4 is 0 Å². The zero-order valence-corrected chi connectivity index (χ0v) is 15.3. The Morgan fingerprint density at radius 1 is 1.15 bits per heavy atom. The van der Waals surface area contributed by atoms with E-state index in [9.17, 15) is 8.78 Å². The maximum atomic E-state index is 14.2. The zero-order chi connectivity index (χ0) is 19.0. The highest BCUT2D eigenvalue weighted by molar-refractivity contribution is 5.63. The number of fused-ring (bicyclic) bond motifs is 5. The fourth-order valence-electron chi connectivity index (χ4n) is 5.13. The van der Waals surface area contributed by atoms with Gasteiger partial charge in [0.2, 0.25) is 5.89 Å². The lowest BCUT2D eigenvalue weighted by molar-refractivity contribution is 0.191. The molecule has 5 rings (SSSR count). The predicted octanol–water partition coefficient (Wildman–Crippen LogP) is 4.32. The summed E-state index contributed by atoms with van der Waals surface area (Å²) in [6, 6.07) is 5.57. The molecule has 0 saturated heterocycles. The quantitative estimate of drug-likeness (QED) is 0.674. The lowest BCUT2D eigenvalue weighted by atomic mass is 9.68. The summed E-state index contributed by atoms with van der Waals surface area (Å²) in [4.78, 5) is 4.50. The van der Waals surface area contributed by atoms with Crippen LogP contribution in [0.4, 0.5) is 8.78 Å². The average Bonchev–Trinajstić information content (AvgIpc) is 3.22. The van der Waals surface area contributed by atoms with Crippen molar-refractivity contribution in [2.45, 2.75) is 44.9 Å². The molecule has 2 heterocycles. The van der Waals surface area contributed by atoms with Gasteiger partial charge in [0.25, 0.3) is 0 Å². The standard InChI is InChI=1S/C20H18F2N4O/c1-10-23-18(27-26-10)20-8-7-12(19(20,2)3)11-9-15(24-25-17(11)20)16-13(21)5-4-6-14(16)22/h4-6,9,12H,7-8H2,1-3H3/t12-,20+/m1/s1. The Morgan fingerprint density at radius 3 is 2.56 bits per heavy atom. The van der Waals surface area contributed by atoms with Crippen LogP contribution in [0.5, 0.6) is 0 Å². The molecule has 5 nitrogen and oxygen atoms in total. The van der Waals surface area contributed by atoms with Crippen LogP contribution in [0.1, 0.15) is 55.6 Å². The molecule has 0 radical (unpaired) electrons. The minimum absolute atomic E-state index is 0.143. The molecule has 138 valence electrons. The molecule has 2 aromatic heterocycles. The zero-order valence-electron chi connectivity index (χ0n) is 15.3. The third-order valence-corrected chi connectivity index (χ3v) is 6.49. The van der Waals surface area contributed by atoms with Crippen molar-refractivity contribution in [1.82, 2.24) is 20.3 Å². The summed E-state index contributed by atoms with van der Waals surface area (Å²) in [5.74, 6) is 0.0158. The van der Waals surface area contributed by atoms with Crippen LogP contribution < -0.4 is 0 Å². The highest BCUT2D eigenvalue weighted by atomic mass is 19.1. The van der Waals surface area contributed by atoms with E-state index in [1.165, 1.54) is 18.2 Å². The molecule has 0 spiro atoms. The fourth-order valence-corrected chi connectivity index (χ4v) is 5.13. The monoisotopic (exact) mass is 368 g/mol. The van der Waals surface area contributed by atoms with Gasteiger partial charge >= 0.3 is 0 Å². The molecule has 1 fully saturated rings. The minimum Gasteiger partial charge on any atom is -0.338 e. The van der Waals surface area contributed by atoms with Gasteiger partial charge in [0.15, 0.2) is 5.82 Å². The summed E-state index contributed by atoms with van der Waals surface area (Å²) >= 11 is 0. The molecule has 2 aliphatic carbocycles. The molecule has 0 amide bonds. The lowest BCUT2D eigenvalue weighted by Crippen LogP contribution is -2.37. The number of hydrogen-bond donors (Lipinski definition) is 0. The van der Waals surface area contributed by atoms with Gasteiger partial charge in [-0.15, -0.1) is 5.10 Å². The maximum absolute atomic E-state index is 14.2. The van der Waals surface area contributed by atoms with E-state index in [0.29, 0.717) is 11.7 Å². The Morgan fingerprint density at radius 2 is 1.89 bits per heavy atom. The third-order valence-electron chi connectivity index (χ3n) is 6.49. The van der Waals surface area contributed by atoms with Crippen molar-refractivity contribution in [1.29, 1.82) is 0 Å². The Bertz CT molecular complexity index is 1060. The number of aromatic nitrogens is 4. The molecule has 27 heavy (non-hydrogen) atoms. The SMILES string of the molecule is Cc1noc([C@]23CC[C@H](c4cc(-c5c(F)cccc5F)nnc42)C3(C)C)n1. The van der Waals surface area contributed by atoms with E-state index < -0.39 is 17.0 Å². The van der Waals surface area contributed by atoms with Gasteiger partial charge in [0, 0.05) is 0 Å². The van der Waals surface area contributed by atoms with E-state index >= 15 is 0 Å². The van der Waals surface area contributed by atoms with Gasteiger partial charge in [-0.25, -0.2) is 8.78 Å². The van der Waals surface area contributed by atoms with Crippen molar-refractivity contribution < 1.29 is 13.3 Å². The number of rotatable bonds is 2. The Balaban J connectivity index is 1.73. The second kappa shape index (κ2) is 5.18. The third kappa shape index (κ3) is 1.91. The molecular weight excluding hydrogens is 350 g/mol. The van der Waals surface area contributed by atoms with Gasteiger partial charge in [-0.1, -0.05) is 25.1 Å². The normalized spacial score (nSPS) is 25.0. The molecule has 2 aliphatic rings. The van der Waals surface area contributed by atoms with Crippen LogP contribution >= 0.6 is 0 Å². The van der Waals surface area contributed by atoms with E-state index in [1.54, 1.807) is 13.0 Å². The molecular formula is C20H18F2N4O. The molecule has 2 atom stereocenters. The van der Waals surface area contributed by atoms with Crippen LogP contribution in [-0.2, 0) is 5.41 Å². The molecule has 1 aromatic carbocycles. The summed E-state index contributed by atoms with van der Waals surface area (Å²) < 4.78 is 34.0. The first-order valence-corrected chi connectivity index (χ1v) is 8.99. The lowest BCUT2D eigenvalue weighted by Gasteiger charge is -2.34. The van der Waals surface area contributed by atoms with Gasteiger partial charge in [-0.05, 0) is 54.9 Å². The number of nitrogens with zero attached hydrogens (tertiary/aromatic N) is 4. The molecule has 1 saturated carbocycles. The van der Waals surface area contributed by atoms with Crippen LogP contribution in [0.25, 0.3) is 11.3 Å². The molecule has 2 bridgehead atoms.